The van der Waals surface area contributed by atoms with Crippen molar-refractivity contribution in [3.63, 3.8) is 0 Å². The zero-order chi connectivity index (χ0) is 18.1. The molecular formula is C21H34Cl2N4O. The molecule has 2 atom stereocenters. The first-order valence-electron chi connectivity index (χ1n) is 10.1. The molecule has 2 unspecified atom stereocenters. The summed E-state index contributed by atoms with van der Waals surface area (Å²) >= 11 is 0. The van der Waals surface area contributed by atoms with Gasteiger partial charge >= 0.3 is 0 Å². The Kier molecular flexibility index (Phi) is 8.59. The molecule has 158 valence electrons. The average molecular weight is 429 g/mol. The number of carbonyl (C=O) groups is 1. The van der Waals surface area contributed by atoms with E-state index in [1.807, 2.05) is 12.1 Å². The van der Waals surface area contributed by atoms with E-state index in [1.54, 1.807) is 19.0 Å². The molecule has 1 N–H and O–H groups in total. The molecule has 2 aliphatic heterocycles. The number of nitrogens with zero attached hydrogens (tertiary/aromatic N) is 3. The van der Waals surface area contributed by atoms with Gasteiger partial charge in [-0.15, -0.1) is 24.8 Å². The Balaban J connectivity index is 0.00000140. The monoisotopic (exact) mass is 428 g/mol. The van der Waals surface area contributed by atoms with Gasteiger partial charge in [-0.25, -0.2) is 0 Å². The quantitative estimate of drug-likeness (QED) is 0.799. The maximum atomic E-state index is 12.0. The van der Waals surface area contributed by atoms with Gasteiger partial charge in [0, 0.05) is 58.4 Å². The normalized spacial score (nSPS) is 26.1. The molecule has 1 amide bonds. The van der Waals surface area contributed by atoms with Gasteiger partial charge in [0.15, 0.2) is 0 Å². The molecule has 3 fully saturated rings. The summed E-state index contributed by atoms with van der Waals surface area (Å²) in [6, 6.07) is 9.13. The summed E-state index contributed by atoms with van der Waals surface area (Å²) in [5.74, 6) is 0.631. The fourth-order valence-electron chi connectivity index (χ4n) is 4.45. The van der Waals surface area contributed by atoms with Crippen LogP contribution in [0.2, 0.25) is 0 Å². The van der Waals surface area contributed by atoms with Crippen molar-refractivity contribution in [2.24, 2.45) is 0 Å². The van der Waals surface area contributed by atoms with Gasteiger partial charge in [-0.05, 0) is 49.3 Å². The molecule has 0 radical (unpaired) electrons. The number of hydrogen-bond donors (Lipinski definition) is 1. The maximum Gasteiger partial charge on any atom is 0.253 e. The van der Waals surface area contributed by atoms with Crippen LogP contribution in [0, 0.1) is 0 Å². The molecule has 5 nitrogen and oxygen atoms in total. The predicted octanol–water partition coefficient (Wildman–Crippen LogP) is 2.81. The number of amides is 1. The summed E-state index contributed by atoms with van der Waals surface area (Å²) < 4.78 is 0. The van der Waals surface area contributed by atoms with Crippen LogP contribution in [-0.2, 0) is 0 Å². The standard InChI is InChI=1S/C21H32N4O.2ClH/c1-23(2)21(26)17-5-3-16(4-6-17)18-7-10-20(22-15-18)25-13-11-24(12-14-25)19-8-9-19;;/h3-6,18-20,22H,7-15H2,1-2H3;2*1H. The lowest BCUT2D eigenvalue weighted by Crippen LogP contribution is -2.57. The molecule has 1 saturated carbocycles. The maximum absolute atomic E-state index is 12.0. The highest BCUT2D eigenvalue weighted by molar-refractivity contribution is 5.93. The van der Waals surface area contributed by atoms with Crippen LogP contribution in [-0.4, -0.2) is 79.6 Å². The molecule has 0 aromatic heterocycles. The van der Waals surface area contributed by atoms with Gasteiger partial charge < -0.3 is 10.2 Å². The van der Waals surface area contributed by atoms with Gasteiger partial charge in [0.05, 0.1) is 6.17 Å². The molecule has 2 saturated heterocycles. The van der Waals surface area contributed by atoms with Crippen molar-refractivity contribution in [3.05, 3.63) is 35.4 Å². The van der Waals surface area contributed by atoms with E-state index < -0.39 is 0 Å². The highest BCUT2D eigenvalue weighted by Gasteiger charge is 2.34. The fraction of sp³-hybridized carbons (Fsp3) is 0.667. The van der Waals surface area contributed by atoms with E-state index in [4.69, 9.17) is 0 Å². The van der Waals surface area contributed by atoms with Gasteiger partial charge in [0.1, 0.15) is 0 Å². The summed E-state index contributed by atoms with van der Waals surface area (Å²) in [7, 11) is 3.60. The van der Waals surface area contributed by atoms with Crippen LogP contribution in [0.5, 0.6) is 0 Å². The van der Waals surface area contributed by atoms with Gasteiger partial charge in [-0.3, -0.25) is 14.6 Å². The number of rotatable bonds is 4. The Bertz CT molecular complexity index is 620. The predicted molar refractivity (Wildman–Crippen MR) is 119 cm³/mol. The zero-order valence-electron chi connectivity index (χ0n) is 17.0. The molecule has 7 heteroatoms. The summed E-state index contributed by atoms with van der Waals surface area (Å²) in [4.78, 5) is 19.0. The largest absolute Gasteiger partial charge is 0.345 e. The molecule has 1 aromatic rings. The second kappa shape index (κ2) is 10.3. The van der Waals surface area contributed by atoms with Crippen molar-refractivity contribution >= 4 is 30.7 Å². The first-order chi connectivity index (χ1) is 12.6. The first kappa shape index (κ1) is 23.4. The molecule has 3 aliphatic rings. The second-order valence-corrected chi connectivity index (χ2v) is 8.32. The number of halogens is 2. The van der Waals surface area contributed by atoms with E-state index in [1.165, 1.54) is 57.4 Å². The van der Waals surface area contributed by atoms with Crippen LogP contribution in [0.1, 0.15) is 47.5 Å². The Hall–Kier alpha value is -0.850. The van der Waals surface area contributed by atoms with E-state index in [2.05, 4.69) is 27.2 Å². The first-order valence-corrected chi connectivity index (χ1v) is 10.1. The molecule has 28 heavy (non-hydrogen) atoms. The fourth-order valence-corrected chi connectivity index (χ4v) is 4.45. The summed E-state index contributed by atoms with van der Waals surface area (Å²) in [5, 5.41) is 3.78. The molecular weight excluding hydrogens is 395 g/mol. The van der Waals surface area contributed by atoms with Crippen molar-refractivity contribution in [2.45, 2.75) is 43.8 Å². The van der Waals surface area contributed by atoms with Crippen LogP contribution in [0.15, 0.2) is 24.3 Å². The van der Waals surface area contributed by atoms with Gasteiger partial charge in [-0.1, -0.05) is 12.1 Å². The highest BCUT2D eigenvalue weighted by atomic mass is 35.5. The molecule has 4 rings (SSSR count). The SMILES string of the molecule is CN(C)C(=O)c1ccc(C2CCC(N3CCN(C4CC4)CC3)NC2)cc1.Cl.Cl. The minimum Gasteiger partial charge on any atom is -0.345 e. The summed E-state index contributed by atoms with van der Waals surface area (Å²) in [5.41, 5.74) is 2.12. The third-order valence-corrected chi connectivity index (χ3v) is 6.28. The molecule has 0 spiro atoms. The average Bonchev–Trinajstić information content (AvgIpc) is 3.53. The van der Waals surface area contributed by atoms with Crippen LogP contribution >= 0.6 is 24.8 Å². The van der Waals surface area contributed by atoms with Crippen molar-refractivity contribution in [1.29, 1.82) is 0 Å². The van der Waals surface area contributed by atoms with Crippen molar-refractivity contribution in [2.75, 3.05) is 46.8 Å². The third kappa shape index (κ3) is 5.39. The van der Waals surface area contributed by atoms with E-state index in [0.717, 1.165) is 18.2 Å². The number of nitrogens with one attached hydrogen (secondary N) is 1. The van der Waals surface area contributed by atoms with Gasteiger partial charge in [-0.2, -0.15) is 0 Å². The number of benzene rings is 1. The number of hydrogen-bond acceptors (Lipinski definition) is 4. The van der Waals surface area contributed by atoms with E-state index in [9.17, 15) is 4.79 Å². The van der Waals surface area contributed by atoms with E-state index in [-0.39, 0.29) is 30.7 Å². The molecule has 1 aromatic carbocycles. The van der Waals surface area contributed by atoms with Crippen LogP contribution in [0.4, 0.5) is 0 Å². The summed E-state index contributed by atoms with van der Waals surface area (Å²) in [6.07, 6.45) is 5.82. The van der Waals surface area contributed by atoms with E-state index in [0.29, 0.717) is 12.1 Å². The zero-order valence-corrected chi connectivity index (χ0v) is 18.6. The molecule has 1 aliphatic carbocycles. The topological polar surface area (TPSA) is 38.8 Å². The van der Waals surface area contributed by atoms with Crippen LogP contribution in [0.25, 0.3) is 0 Å². The lowest BCUT2D eigenvalue weighted by Gasteiger charge is -2.42. The third-order valence-electron chi connectivity index (χ3n) is 6.28. The van der Waals surface area contributed by atoms with Crippen LogP contribution < -0.4 is 5.32 Å². The molecule has 0 bridgehead atoms. The Morgan fingerprint density at radius 1 is 0.929 bits per heavy atom. The summed E-state index contributed by atoms with van der Waals surface area (Å²) in [6.45, 7) is 5.94. The smallest absolute Gasteiger partial charge is 0.253 e. The van der Waals surface area contributed by atoms with Gasteiger partial charge in [0.25, 0.3) is 5.91 Å². The van der Waals surface area contributed by atoms with Crippen molar-refractivity contribution in [3.8, 4) is 0 Å². The minimum atomic E-state index is 0. The number of piperazine rings is 1. The molecule has 2 heterocycles. The van der Waals surface area contributed by atoms with Gasteiger partial charge in [0.2, 0.25) is 0 Å². The second-order valence-electron chi connectivity index (χ2n) is 8.32. The van der Waals surface area contributed by atoms with Crippen molar-refractivity contribution in [1.82, 2.24) is 20.0 Å². The van der Waals surface area contributed by atoms with E-state index >= 15 is 0 Å². The lowest BCUT2D eigenvalue weighted by molar-refractivity contribution is 0.0621. The van der Waals surface area contributed by atoms with Crippen molar-refractivity contribution < 1.29 is 4.79 Å². The number of carbonyl (C=O) groups excluding carboxylic acids is 1. The number of piperidine rings is 1. The Morgan fingerprint density at radius 2 is 1.54 bits per heavy atom. The Labute approximate surface area is 181 Å². The Morgan fingerprint density at radius 3 is 2.04 bits per heavy atom. The highest BCUT2D eigenvalue weighted by Crippen LogP contribution is 2.30. The lowest BCUT2D eigenvalue weighted by atomic mass is 9.89. The van der Waals surface area contributed by atoms with Crippen LogP contribution in [0.3, 0.4) is 0 Å². The minimum absolute atomic E-state index is 0.